The van der Waals surface area contributed by atoms with Gasteiger partial charge < -0.3 is 18.5 Å². The molecule has 2 heterocycles. The minimum Gasteiger partial charge on any atom is -0.480 e. The van der Waals surface area contributed by atoms with Gasteiger partial charge in [-0.2, -0.15) is 0 Å². The van der Waals surface area contributed by atoms with Gasteiger partial charge in [0.25, 0.3) is 0 Å². The molecule has 2 aliphatic rings. The van der Waals surface area contributed by atoms with Gasteiger partial charge in [0.05, 0.1) is 18.3 Å². The first kappa shape index (κ1) is 28.6. The van der Waals surface area contributed by atoms with Crippen LogP contribution in [0, 0.1) is 0 Å². The molecule has 1 aromatic rings. The van der Waals surface area contributed by atoms with E-state index >= 15 is 0 Å². The Bertz CT molecular complexity index is 1000. The fourth-order valence-corrected chi connectivity index (χ4v) is 6.96. The zero-order chi connectivity index (χ0) is 26.4. The molecule has 198 valence electrons. The Morgan fingerprint density at radius 2 is 1.63 bits per heavy atom. The van der Waals surface area contributed by atoms with Gasteiger partial charge >= 0.3 is 7.12 Å². The standard InChI is InChI=1S/C24H43BN2O6SSi/c1-22(2,3)35(9,10)31-19-13-11-18(12-14-19)27-34(28,29)20-15-17(16-26-21(20)30-8)25-32-23(4,5)24(6,7)33-25/h15-16,18-19,27H,11-14H2,1-10H3. The number of ether oxygens (including phenoxy) is 1. The van der Waals surface area contributed by atoms with Gasteiger partial charge in [-0.3, -0.25) is 0 Å². The van der Waals surface area contributed by atoms with Gasteiger partial charge in [0.15, 0.2) is 8.32 Å². The number of nitrogens with one attached hydrogen (secondary N) is 1. The van der Waals surface area contributed by atoms with Crippen molar-refractivity contribution in [2.75, 3.05) is 7.11 Å². The van der Waals surface area contributed by atoms with Gasteiger partial charge in [-0.05, 0) is 77.6 Å². The monoisotopic (exact) mass is 526 g/mol. The molecule has 0 spiro atoms. The molecule has 0 amide bonds. The Kier molecular flexibility index (Phi) is 7.94. The first-order valence-electron chi connectivity index (χ1n) is 12.5. The Balaban J connectivity index is 1.72. The van der Waals surface area contributed by atoms with Crippen LogP contribution < -0.4 is 14.9 Å². The van der Waals surface area contributed by atoms with Crippen LogP contribution in [0.1, 0.15) is 74.1 Å². The molecular weight excluding hydrogens is 483 g/mol. The molecule has 0 bridgehead atoms. The van der Waals surface area contributed by atoms with Crippen molar-refractivity contribution < 1.29 is 26.9 Å². The van der Waals surface area contributed by atoms with E-state index in [-0.39, 0.29) is 28.0 Å². The number of hydrogen-bond donors (Lipinski definition) is 1. The highest BCUT2D eigenvalue weighted by atomic mass is 32.2. The Labute approximate surface area is 213 Å². The van der Waals surface area contributed by atoms with E-state index in [4.69, 9.17) is 18.5 Å². The summed E-state index contributed by atoms with van der Waals surface area (Å²) in [4.78, 5) is 4.25. The molecule has 1 N–H and O–H groups in total. The Morgan fingerprint density at radius 1 is 1.09 bits per heavy atom. The van der Waals surface area contributed by atoms with E-state index in [1.165, 1.54) is 7.11 Å². The average Bonchev–Trinajstić information content (AvgIpc) is 2.95. The molecule has 1 aliphatic heterocycles. The van der Waals surface area contributed by atoms with Crippen molar-refractivity contribution in [1.29, 1.82) is 0 Å². The van der Waals surface area contributed by atoms with Crippen LogP contribution in [0.5, 0.6) is 5.88 Å². The Hall–Kier alpha value is -0.978. The molecule has 35 heavy (non-hydrogen) atoms. The molecule has 11 heteroatoms. The maximum Gasteiger partial charge on any atom is 0.496 e. The van der Waals surface area contributed by atoms with Crippen LogP contribution in [0.2, 0.25) is 18.1 Å². The van der Waals surface area contributed by atoms with Crippen molar-refractivity contribution in [2.45, 2.75) is 121 Å². The lowest BCUT2D eigenvalue weighted by Crippen LogP contribution is -2.46. The number of rotatable bonds is 7. The third-order valence-corrected chi connectivity index (χ3v) is 14.2. The van der Waals surface area contributed by atoms with Crippen LogP contribution in [-0.2, 0) is 23.8 Å². The maximum atomic E-state index is 13.4. The third kappa shape index (κ3) is 6.13. The fraction of sp³-hybridized carbons (Fsp3) is 0.792. The lowest BCUT2D eigenvalue weighted by molar-refractivity contribution is 0.00578. The quantitative estimate of drug-likeness (QED) is 0.537. The molecule has 1 saturated heterocycles. The summed E-state index contributed by atoms with van der Waals surface area (Å²) in [5.41, 5.74) is -0.545. The van der Waals surface area contributed by atoms with Gasteiger partial charge in [-0.1, -0.05) is 20.8 Å². The van der Waals surface area contributed by atoms with E-state index in [1.54, 1.807) is 12.3 Å². The van der Waals surface area contributed by atoms with Crippen molar-refractivity contribution in [3.05, 3.63) is 12.3 Å². The second-order valence-electron chi connectivity index (χ2n) is 12.3. The smallest absolute Gasteiger partial charge is 0.480 e. The van der Waals surface area contributed by atoms with Crippen molar-refractivity contribution >= 4 is 30.9 Å². The second-order valence-corrected chi connectivity index (χ2v) is 18.8. The highest BCUT2D eigenvalue weighted by molar-refractivity contribution is 7.89. The number of hydrogen-bond acceptors (Lipinski definition) is 7. The number of sulfonamides is 1. The number of pyridine rings is 1. The first-order valence-corrected chi connectivity index (χ1v) is 16.9. The highest BCUT2D eigenvalue weighted by Gasteiger charge is 2.52. The van der Waals surface area contributed by atoms with Gasteiger partial charge in [0.2, 0.25) is 15.9 Å². The molecule has 1 aromatic heterocycles. The zero-order valence-electron chi connectivity index (χ0n) is 23.0. The molecule has 1 aliphatic carbocycles. The zero-order valence-corrected chi connectivity index (χ0v) is 24.8. The highest BCUT2D eigenvalue weighted by Crippen LogP contribution is 2.39. The van der Waals surface area contributed by atoms with E-state index in [1.807, 2.05) is 27.7 Å². The number of nitrogens with zero attached hydrogens (tertiary/aromatic N) is 1. The van der Waals surface area contributed by atoms with Crippen molar-refractivity contribution in [1.82, 2.24) is 9.71 Å². The minimum atomic E-state index is -3.87. The molecule has 0 unspecified atom stereocenters. The van der Waals surface area contributed by atoms with E-state index < -0.39 is 36.7 Å². The Morgan fingerprint density at radius 3 is 2.11 bits per heavy atom. The van der Waals surface area contributed by atoms with Gasteiger partial charge in [0.1, 0.15) is 4.90 Å². The van der Waals surface area contributed by atoms with E-state index in [9.17, 15) is 8.42 Å². The largest absolute Gasteiger partial charge is 0.496 e. The maximum absolute atomic E-state index is 13.4. The van der Waals surface area contributed by atoms with E-state index in [2.05, 4.69) is 43.6 Å². The second kappa shape index (κ2) is 9.72. The van der Waals surface area contributed by atoms with Gasteiger partial charge in [-0.25, -0.2) is 18.1 Å². The van der Waals surface area contributed by atoms with Gasteiger partial charge in [-0.15, -0.1) is 0 Å². The lowest BCUT2D eigenvalue weighted by atomic mass is 9.80. The fourth-order valence-electron chi connectivity index (χ4n) is 4.08. The molecule has 2 fully saturated rings. The summed E-state index contributed by atoms with van der Waals surface area (Å²) in [5, 5.41) is 0.150. The summed E-state index contributed by atoms with van der Waals surface area (Å²) in [6, 6.07) is 1.38. The third-order valence-electron chi connectivity index (χ3n) is 8.11. The van der Waals surface area contributed by atoms with Gasteiger partial charge in [0, 0.05) is 23.8 Å². The predicted molar refractivity (Wildman–Crippen MR) is 141 cm³/mol. The van der Waals surface area contributed by atoms with E-state index in [0.29, 0.717) is 5.46 Å². The summed E-state index contributed by atoms with van der Waals surface area (Å²) in [6.45, 7) is 19.0. The summed E-state index contributed by atoms with van der Waals surface area (Å²) < 4.78 is 53.7. The molecule has 0 atom stereocenters. The van der Waals surface area contributed by atoms with Crippen molar-refractivity contribution in [2.24, 2.45) is 0 Å². The predicted octanol–water partition coefficient (Wildman–Crippen LogP) is 4.00. The average molecular weight is 527 g/mol. The van der Waals surface area contributed by atoms with E-state index in [0.717, 1.165) is 25.7 Å². The topological polar surface area (TPSA) is 96.0 Å². The first-order chi connectivity index (χ1) is 15.9. The summed E-state index contributed by atoms with van der Waals surface area (Å²) in [6.07, 6.45) is 4.85. The number of methoxy groups -OCH3 is 1. The number of aromatic nitrogens is 1. The summed E-state index contributed by atoms with van der Waals surface area (Å²) in [5.74, 6) is 0.0488. The summed E-state index contributed by atoms with van der Waals surface area (Å²) >= 11 is 0. The van der Waals surface area contributed by atoms with Crippen molar-refractivity contribution in [3.8, 4) is 5.88 Å². The van der Waals surface area contributed by atoms with Crippen molar-refractivity contribution in [3.63, 3.8) is 0 Å². The molecule has 3 rings (SSSR count). The van der Waals surface area contributed by atoms with Crippen LogP contribution in [-0.4, -0.2) is 59.3 Å². The molecule has 0 aromatic carbocycles. The SMILES string of the molecule is COc1ncc(B2OC(C)(C)C(C)(C)O2)cc1S(=O)(=O)NC1CCC(O[Si](C)(C)C(C)(C)C)CC1. The summed E-state index contributed by atoms with van der Waals surface area (Å²) in [7, 11) is -5.02. The molecule has 8 nitrogen and oxygen atoms in total. The minimum absolute atomic E-state index is 0.00754. The van der Waals surface area contributed by atoms with Crippen LogP contribution in [0.15, 0.2) is 17.2 Å². The van der Waals surface area contributed by atoms with Crippen LogP contribution >= 0.6 is 0 Å². The van der Waals surface area contributed by atoms with Crippen LogP contribution in [0.3, 0.4) is 0 Å². The normalized spacial score (nSPS) is 25.0. The van der Waals surface area contributed by atoms with Crippen LogP contribution in [0.4, 0.5) is 0 Å². The lowest BCUT2D eigenvalue weighted by Gasteiger charge is -2.41. The molecule has 1 saturated carbocycles. The van der Waals surface area contributed by atoms with Crippen LogP contribution in [0.25, 0.3) is 0 Å². The molecule has 0 radical (unpaired) electrons. The molecular formula is C24H43BN2O6SSi.